The summed E-state index contributed by atoms with van der Waals surface area (Å²) in [6.07, 6.45) is 11.0. The molecule has 1 saturated heterocycles. The number of carbonyl (C=O) groups excluding carboxylic acids is 1. The molecule has 1 heterocycles. The van der Waals surface area contributed by atoms with Crippen molar-refractivity contribution in [3.63, 3.8) is 0 Å². The highest BCUT2D eigenvalue weighted by Crippen LogP contribution is 2.17. The van der Waals surface area contributed by atoms with Gasteiger partial charge in [0.2, 0.25) is 5.91 Å². The second-order valence-corrected chi connectivity index (χ2v) is 5.83. The van der Waals surface area contributed by atoms with E-state index >= 15 is 0 Å². The zero-order valence-electron chi connectivity index (χ0n) is 12.0. The molecular weight excluding hydrogens is 240 g/mol. The molecule has 2 rings (SSSR count). The Morgan fingerprint density at radius 1 is 1.05 bits per heavy atom. The Morgan fingerprint density at radius 3 is 2.53 bits per heavy atom. The third-order valence-corrected chi connectivity index (χ3v) is 4.19. The van der Waals surface area contributed by atoms with Gasteiger partial charge in [0.1, 0.15) is 0 Å². The van der Waals surface area contributed by atoms with Crippen molar-refractivity contribution < 1.29 is 9.53 Å². The van der Waals surface area contributed by atoms with Gasteiger partial charge >= 0.3 is 0 Å². The van der Waals surface area contributed by atoms with Crippen LogP contribution in [-0.4, -0.2) is 37.7 Å². The van der Waals surface area contributed by atoms with Gasteiger partial charge in [0.05, 0.1) is 6.10 Å². The maximum Gasteiger partial charge on any atom is 0.221 e. The summed E-state index contributed by atoms with van der Waals surface area (Å²) in [5.74, 6) is 0.150. The standard InChI is InChI=1S/C15H28N2O2/c18-15(17-12-14-8-5-11-19-14)9-10-16-13-6-3-1-2-4-7-13/h13-14,16H,1-12H2,(H,17,18). The van der Waals surface area contributed by atoms with Crippen molar-refractivity contribution in [3.05, 3.63) is 0 Å². The Bertz CT molecular complexity index is 257. The second-order valence-electron chi connectivity index (χ2n) is 5.83. The molecule has 2 aliphatic rings. The maximum absolute atomic E-state index is 11.7. The summed E-state index contributed by atoms with van der Waals surface area (Å²) in [5.41, 5.74) is 0. The van der Waals surface area contributed by atoms with Gasteiger partial charge in [-0.1, -0.05) is 25.7 Å². The number of hydrogen-bond donors (Lipinski definition) is 2. The van der Waals surface area contributed by atoms with Crippen molar-refractivity contribution in [2.75, 3.05) is 19.7 Å². The van der Waals surface area contributed by atoms with Gasteiger partial charge in [0.25, 0.3) is 0 Å². The van der Waals surface area contributed by atoms with Crippen molar-refractivity contribution >= 4 is 5.91 Å². The molecule has 0 bridgehead atoms. The molecule has 0 aromatic carbocycles. The largest absolute Gasteiger partial charge is 0.376 e. The van der Waals surface area contributed by atoms with Crippen molar-refractivity contribution in [1.29, 1.82) is 0 Å². The Balaban J connectivity index is 1.50. The number of amides is 1. The summed E-state index contributed by atoms with van der Waals surface area (Å²) in [6, 6.07) is 0.633. The van der Waals surface area contributed by atoms with Crippen LogP contribution in [0.15, 0.2) is 0 Å². The Morgan fingerprint density at radius 2 is 1.84 bits per heavy atom. The summed E-state index contributed by atoms with van der Waals surface area (Å²) >= 11 is 0. The second kappa shape index (κ2) is 8.54. The van der Waals surface area contributed by atoms with E-state index in [0.717, 1.165) is 26.0 Å². The minimum absolute atomic E-state index is 0.150. The molecule has 0 radical (unpaired) electrons. The Labute approximate surface area is 116 Å². The monoisotopic (exact) mass is 268 g/mol. The molecule has 1 unspecified atom stereocenters. The fourth-order valence-electron chi connectivity index (χ4n) is 2.99. The number of hydrogen-bond acceptors (Lipinski definition) is 3. The molecule has 1 amide bonds. The van der Waals surface area contributed by atoms with Crippen LogP contribution in [0.1, 0.15) is 57.8 Å². The first-order valence-corrected chi connectivity index (χ1v) is 7.96. The van der Waals surface area contributed by atoms with Crippen LogP contribution in [0.3, 0.4) is 0 Å². The lowest BCUT2D eigenvalue weighted by atomic mass is 10.1. The summed E-state index contributed by atoms with van der Waals surface area (Å²) in [5, 5.41) is 6.50. The summed E-state index contributed by atoms with van der Waals surface area (Å²) in [4.78, 5) is 11.7. The third-order valence-electron chi connectivity index (χ3n) is 4.19. The fraction of sp³-hybridized carbons (Fsp3) is 0.933. The van der Waals surface area contributed by atoms with Gasteiger partial charge in [0.15, 0.2) is 0 Å². The van der Waals surface area contributed by atoms with Crippen LogP contribution in [0.25, 0.3) is 0 Å². The van der Waals surface area contributed by atoms with Crippen molar-refractivity contribution in [2.24, 2.45) is 0 Å². The van der Waals surface area contributed by atoms with Gasteiger partial charge in [-0.3, -0.25) is 4.79 Å². The van der Waals surface area contributed by atoms with Crippen molar-refractivity contribution in [1.82, 2.24) is 10.6 Å². The van der Waals surface area contributed by atoms with E-state index in [1.54, 1.807) is 0 Å². The number of carbonyl (C=O) groups is 1. The minimum atomic E-state index is 0.150. The lowest BCUT2D eigenvalue weighted by molar-refractivity contribution is -0.121. The SMILES string of the molecule is O=C(CCNC1CCCCCC1)NCC1CCCO1. The van der Waals surface area contributed by atoms with Crippen molar-refractivity contribution in [2.45, 2.75) is 69.9 Å². The average Bonchev–Trinajstić information content (AvgIpc) is 2.80. The van der Waals surface area contributed by atoms with Crippen LogP contribution in [0, 0.1) is 0 Å². The van der Waals surface area contributed by atoms with E-state index < -0.39 is 0 Å². The molecule has 19 heavy (non-hydrogen) atoms. The first-order valence-electron chi connectivity index (χ1n) is 7.96. The fourth-order valence-corrected chi connectivity index (χ4v) is 2.99. The zero-order chi connectivity index (χ0) is 13.3. The number of ether oxygens (including phenoxy) is 1. The van der Waals surface area contributed by atoms with E-state index in [9.17, 15) is 4.79 Å². The summed E-state index contributed by atoms with van der Waals surface area (Å²) < 4.78 is 5.49. The molecule has 0 aromatic rings. The van der Waals surface area contributed by atoms with Crippen LogP contribution in [0.5, 0.6) is 0 Å². The van der Waals surface area contributed by atoms with Crippen LogP contribution in [-0.2, 0) is 9.53 Å². The number of rotatable bonds is 6. The minimum Gasteiger partial charge on any atom is -0.376 e. The molecule has 2 fully saturated rings. The smallest absolute Gasteiger partial charge is 0.221 e. The molecule has 1 saturated carbocycles. The average molecular weight is 268 g/mol. The highest BCUT2D eigenvalue weighted by molar-refractivity contribution is 5.76. The van der Waals surface area contributed by atoms with E-state index in [1.165, 1.54) is 38.5 Å². The predicted octanol–water partition coefficient (Wildman–Crippen LogP) is 1.98. The lowest BCUT2D eigenvalue weighted by Gasteiger charge is -2.16. The molecule has 1 aliphatic heterocycles. The van der Waals surface area contributed by atoms with Gasteiger partial charge in [0, 0.05) is 32.2 Å². The first kappa shape index (κ1) is 14.8. The number of nitrogens with one attached hydrogen (secondary N) is 2. The maximum atomic E-state index is 11.7. The highest BCUT2D eigenvalue weighted by atomic mass is 16.5. The molecule has 4 heteroatoms. The van der Waals surface area contributed by atoms with E-state index in [4.69, 9.17) is 4.74 Å². The van der Waals surface area contributed by atoms with Crippen LogP contribution in [0.2, 0.25) is 0 Å². The van der Waals surface area contributed by atoms with E-state index in [-0.39, 0.29) is 12.0 Å². The van der Waals surface area contributed by atoms with Gasteiger partial charge in [-0.2, -0.15) is 0 Å². The van der Waals surface area contributed by atoms with Gasteiger partial charge in [-0.15, -0.1) is 0 Å². The Kier molecular flexibility index (Phi) is 6.65. The molecule has 110 valence electrons. The molecule has 0 spiro atoms. The molecular formula is C15H28N2O2. The molecule has 2 N–H and O–H groups in total. The van der Waals surface area contributed by atoms with Gasteiger partial charge in [-0.25, -0.2) is 0 Å². The predicted molar refractivity (Wildman–Crippen MR) is 76.1 cm³/mol. The van der Waals surface area contributed by atoms with E-state index in [1.807, 2.05) is 0 Å². The first-order chi connectivity index (χ1) is 9.34. The topological polar surface area (TPSA) is 50.4 Å². The molecule has 4 nitrogen and oxygen atoms in total. The molecule has 0 aromatic heterocycles. The van der Waals surface area contributed by atoms with Crippen LogP contribution >= 0.6 is 0 Å². The Hall–Kier alpha value is -0.610. The quantitative estimate of drug-likeness (QED) is 0.724. The highest BCUT2D eigenvalue weighted by Gasteiger charge is 2.16. The molecule has 1 aliphatic carbocycles. The lowest BCUT2D eigenvalue weighted by Crippen LogP contribution is -2.36. The zero-order valence-corrected chi connectivity index (χ0v) is 12.0. The van der Waals surface area contributed by atoms with E-state index in [2.05, 4.69) is 10.6 Å². The van der Waals surface area contributed by atoms with E-state index in [0.29, 0.717) is 19.0 Å². The normalized spacial score (nSPS) is 25.2. The molecule has 1 atom stereocenters. The van der Waals surface area contributed by atoms with Gasteiger partial charge < -0.3 is 15.4 Å². The summed E-state index contributed by atoms with van der Waals surface area (Å²) in [7, 11) is 0. The summed E-state index contributed by atoms with van der Waals surface area (Å²) in [6.45, 7) is 2.34. The van der Waals surface area contributed by atoms with Crippen LogP contribution in [0.4, 0.5) is 0 Å². The van der Waals surface area contributed by atoms with Crippen molar-refractivity contribution in [3.8, 4) is 0 Å². The van der Waals surface area contributed by atoms with Gasteiger partial charge in [-0.05, 0) is 25.7 Å². The third kappa shape index (κ3) is 5.91. The van der Waals surface area contributed by atoms with Crippen LogP contribution < -0.4 is 10.6 Å².